The molecule has 58 heavy (non-hydrogen) atoms. The summed E-state index contributed by atoms with van der Waals surface area (Å²) < 4.78 is 0. The fraction of sp³-hybridized carbons (Fsp3) is 0.862. The highest BCUT2D eigenvalue weighted by Gasteiger charge is 2.44. The third kappa shape index (κ3) is 10.4. The highest BCUT2D eigenvalue weighted by atomic mass is 14.5. The van der Waals surface area contributed by atoms with Crippen LogP contribution in [-0.2, 0) is 0 Å². The molecule has 0 aromatic rings. The Hall–Kier alpha value is -1.04. The molecular formula is C58H96. The number of fused-ring (bicyclic) bond motifs is 2. The predicted molar refractivity (Wildman–Crippen MR) is 253 cm³/mol. The van der Waals surface area contributed by atoms with Crippen LogP contribution in [0.15, 0.2) is 46.6 Å². The van der Waals surface area contributed by atoms with E-state index >= 15 is 0 Å². The highest BCUT2D eigenvalue weighted by molar-refractivity contribution is 5.33. The van der Waals surface area contributed by atoms with E-state index in [4.69, 9.17) is 0 Å². The van der Waals surface area contributed by atoms with Crippen LogP contribution in [0.2, 0.25) is 0 Å². The van der Waals surface area contributed by atoms with Gasteiger partial charge in [-0.2, -0.15) is 0 Å². The summed E-state index contributed by atoms with van der Waals surface area (Å²) in [5, 5.41) is 0. The van der Waals surface area contributed by atoms with Crippen molar-refractivity contribution in [1.29, 1.82) is 0 Å². The summed E-state index contributed by atoms with van der Waals surface area (Å²) in [7, 11) is 0. The molecule has 15 atom stereocenters. The van der Waals surface area contributed by atoms with Crippen LogP contribution in [-0.4, -0.2) is 0 Å². The summed E-state index contributed by atoms with van der Waals surface area (Å²) in [6, 6.07) is 0. The predicted octanol–water partition coefficient (Wildman–Crippen LogP) is 17.7. The molecule has 9 unspecified atom stereocenters. The highest BCUT2D eigenvalue weighted by Crippen LogP contribution is 2.55. The fourth-order valence-corrected chi connectivity index (χ4v) is 15.9. The Bertz CT molecular complexity index is 1430. The largest absolute Gasteiger partial charge is 0.0813 e. The smallest absolute Gasteiger partial charge is 0.00139 e. The van der Waals surface area contributed by atoms with E-state index in [1.54, 1.807) is 11.1 Å². The summed E-state index contributed by atoms with van der Waals surface area (Å²) >= 11 is 0. The number of hydrogen-bond acceptors (Lipinski definition) is 0. The lowest BCUT2D eigenvalue weighted by Gasteiger charge is -2.33. The first-order chi connectivity index (χ1) is 27.7. The normalized spacial score (nSPS) is 39.6. The maximum Gasteiger partial charge on any atom is 0.00139 e. The number of allylic oxidation sites excluding steroid dienone is 8. The van der Waals surface area contributed by atoms with Gasteiger partial charge in [-0.1, -0.05) is 173 Å². The van der Waals surface area contributed by atoms with Gasteiger partial charge in [-0.3, -0.25) is 0 Å². The molecule has 8 rings (SSSR count). The Morgan fingerprint density at radius 2 is 0.983 bits per heavy atom. The maximum absolute atomic E-state index is 2.73. The van der Waals surface area contributed by atoms with Gasteiger partial charge < -0.3 is 0 Å². The zero-order valence-corrected chi connectivity index (χ0v) is 40.5. The van der Waals surface area contributed by atoms with Crippen molar-refractivity contribution < 1.29 is 0 Å². The van der Waals surface area contributed by atoms with E-state index in [1.165, 1.54) is 135 Å². The second-order valence-corrected chi connectivity index (χ2v) is 24.7. The number of rotatable bonds is 13. The second kappa shape index (κ2) is 19.6. The molecular weight excluding hydrogens is 697 g/mol. The minimum absolute atomic E-state index is 0.501. The first kappa shape index (κ1) is 45.0. The van der Waals surface area contributed by atoms with Gasteiger partial charge in [0.1, 0.15) is 0 Å². The molecule has 0 aliphatic heterocycles. The molecule has 328 valence electrons. The first-order valence-corrected chi connectivity index (χ1v) is 26.5. The van der Waals surface area contributed by atoms with Crippen LogP contribution in [0.1, 0.15) is 211 Å². The topological polar surface area (TPSA) is 0 Å². The molecule has 0 heterocycles. The zero-order valence-electron chi connectivity index (χ0n) is 40.5. The van der Waals surface area contributed by atoms with E-state index < -0.39 is 0 Å². The summed E-state index contributed by atoms with van der Waals surface area (Å²) in [6.45, 7) is 27.6. The molecule has 0 spiro atoms. The molecule has 0 nitrogen and oxygen atoms in total. The molecule has 0 radical (unpaired) electrons. The van der Waals surface area contributed by atoms with E-state index in [-0.39, 0.29) is 0 Å². The van der Waals surface area contributed by atoms with Crippen molar-refractivity contribution in [3.63, 3.8) is 0 Å². The lowest BCUT2D eigenvalue weighted by molar-refractivity contribution is 0.183. The molecule has 4 fully saturated rings. The standard InChI is InChI=1S/C30H50.C28H46/c1-20(14-15-30(5,6)19-29-21(2)12-13-22(29)3)25-17-26-23(4)16-27(28(26)18-25)24-10-8-7-9-11-24;1-18(14-25-19(2)11-12-20(25)3)13-21(4)24-16-26-22(5)15-27(28(26)17-24)23-9-7-6-8-10-23/h16-17,20-22,24,26-29H,7-15,18-19H2,1-6H3;15-16,18-21,23,25-28H,6-14,17H2,1-5H3/t20-,21-,22+,26?,27?,28?,29?;18?,19-,20+,21-,25?,26?,27?,28?/m11/s1. The molecule has 0 amide bonds. The van der Waals surface area contributed by atoms with Crippen molar-refractivity contribution in [3.8, 4) is 0 Å². The second-order valence-electron chi connectivity index (χ2n) is 24.7. The first-order valence-electron chi connectivity index (χ1n) is 26.5. The SMILES string of the molecule is CC1=CC(C2CCCCC2)C2CC([C@H](C)CC(C)CC3[C@H](C)CC[C@@H]3C)=CC12.CC1=CC(C2CCCCC2)C2CC([C@H](C)CCC(C)(C)CC3[C@H](C)CC[C@@H]3C)=CC12. The van der Waals surface area contributed by atoms with Crippen molar-refractivity contribution in [2.24, 2.45) is 106 Å². The molecule has 0 aromatic heterocycles. The van der Waals surface area contributed by atoms with Crippen LogP contribution in [0.3, 0.4) is 0 Å². The van der Waals surface area contributed by atoms with Crippen molar-refractivity contribution in [2.75, 3.05) is 0 Å². The molecule has 8 aliphatic carbocycles. The van der Waals surface area contributed by atoms with Crippen molar-refractivity contribution in [3.05, 3.63) is 46.6 Å². The van der Waals surface area contributed by atoms with E-state index in [0.29, 0.717) is 5.41 Å². The van der Waals surface area contributed by atoms with Crippen molar-refractivity contribution >= 4 is 0 Å². The van der Waals surface area contributed by atoms with E-state index in [1.807, 2.05) is 11.1 Å². The van der Waals surface area contributed by atoms with Crippen LogP contribution in [0.25, 0.3) is 0 Å². The van der Waals surface area contributed by atoms with Gasteiger partial charge in [0.2, 0.25) is 0 Å². The van der Waals surface area contributed by atoms with Gasteiger partial charge in [-0.25, -0.2) is 0 Å². The van der Waals surface area contributed by atoms with Gasteiger partial charge in [0.15, 0.2) is 0 Å². The van der Waals surface area contributed by atoms with Crippen molar-refractivity contribution in [1.82, 2.24) is 0 Å². The Morgan fingerprint density at radius 1 is 0.552 bits per heavy atom. The molecule has 0 saturated heterocycles. The molecule has 4 saturated carbocycles. The van der Waals surface area contributed by atoms with E-state index in [0.717, 1.165) is 101 Å². The average molecular weight is 793 g/mol. The molecule has 0 aromatic carbocycles. The van der Waals surface area contributed by atoms with Crippen molar-refractivity contribution in [2.45, 2.75) is 211 Å². The Labute approximate surface area is 362 Å². The lowest BCUT2D eigenvalue weighted by Crippen LogP contribution is -2.23. The van der Waals surface area contributed by atoms with E-state index in [9.17, 15) is 0 Å². The van der Waals surface area contributed by atoms with Gasteiger partial charge in [-0.15, -0.1) is 0 Å². The maximum atomic E-state index is 2.73. The monoisotopic (exact) mass is 793 g/mol. The van der Waals surface area contributed by atoms with Crippen LogP contribution in [0.4, 0.5) is 0 Å². The molecule has 8 aliphatic rings. The van der Waals surface area contributed by atoms with Crippen LogP contribution in [0.5, 0.6) is 0 Å². The van der Waals surface area contributed by atoms with Gasteiger partial charge in [0.25, 0.3) is 0 Å². The Morgan fingerprint density at radius 3 is 1.45 bits per heavy atom. The quantitative estimate of drug-likeness (QED) is 0.163. The summed E-state index contributed by atoms with van der Waals surface area (Å²) in [5.41, 5.74) is 7.53. The van der Waals surface area contributed by atoms with Gasteiger partial charge in [-0.05, 0) is 179 Å². The zero-order chi connectivity index (χ0) is 41.3. The van der Waals surface area contributed by atoms with Gasteiger partial charge in [0, 0.05) is 11.8 Å². The van der Waals surface area contributed by atoms with Gasteiger partial charge >= 0.3 is 0 Å². The summed E-state index contributed by atoms with van der Waals surface area (Å²) in [5.74, 6) is 15.4. The van der Waals surface area contributed by atoms with Crippen LogP contribution < -0.4 is 0 Å². The summed E-state index contributed by atoms with van der Waals surface area (Å²) in [6.07, 6.45) is 41.5. The minimum Gasteiger partial charge on any atom is -0.0813 e. The third-order valence-corrected chi connectivity index (χ3v) is 19.8. The third-order valence-electron chi connectivity index (χ3n) is 19.8. The lowest BCUT2D eigenvalue weighted by atomic mass is 9.72. The van der Waals surface area contributed by atoms with Crippen LogP contribution >= 0.6 is 0 Å². The average Bonchev–Trinajstić information content (AvgIpc) is 4.06. The summed E-state index contributed by atoms with van der Waals surface area (Å²) in [4.78, 5) is 0. The Kier molecular flexibility index (Phi) is 15.2. The minimum atomic E-state index is 0.501. The Balaban J connectivity index is 0.000000177. The van der Waals surface area contributed by atoms with Gasteiger partial charge in [0.05, 0.1) is 0 Å². The number of hydrogen-bond donors (Lipinski definition) is 0. The molecule has 0 heteroatoms. The van der Waals surface area contributed by atoms with Crippen LogP contribution in [0, 0.1) is 106 Å². The molecule has 0 N–H and O–H groups in total. The fourth-order valence-electron chi connectivity index (χ4n) is 15.9. The molecule has 0 bridgehead atoms. The van der Waals surface area contributed by atoms with E-state index in [2.05, 4.69) is 100 Å².